The Hall–Kier alpha value is -7.45. The summed E-state index contributed by atoms with van der Waals surface area (Å²) < 4.78 is 60.1. The Balaban J connectivity index is 0.979. The molecule has 82 heavy (non-hydrogen) atoms. The standard InChI is InChI=1S/C59H71N5O18/c1-3-41-24-26-43(63-58(71)75-34-39-20-12-6-13-21-39)53(77-41)80-50-36(2)28-45(62-47(66)30-61-57(70)74-33-38-18-10-5-11-19-38)48(67)52(50)82-55-49(68)51(46(31-65)79-55)81-54-44(64-59(72)76-35-40-22-14-7-15-23-40)27-25-42(78-54)29-60-56(69)73-32-37-16-8-4-9-17-37/h4-27,36,41-46,48-55,65,67-68H,3,28-35H2,1-2H3,(H,60,69)(H,61,70)(H,62,66)(H,63,71)(H,64,72). The van der Waals surface area contributed by atoms with Gasteiger partial charge in [0, 0.05) is 0 Å². The first-order valence-corrected chi connectivity index (χ1v) is 27.2. The summed E-state index contributed by atoms with van der Waals surface area (Å²) in [6, 6.07) is 33.2. The number of amides is 5. The summed E-state index contributed by atoms with van der Waals surface area (Å²) in [7, 11) is 0. The predicted octanol–water partition coefficient (Wildman–Crippen LogP) is 4.52. The highest BCUT2D eigenvalue weighted by atomic mass is 16.8. The van der Waals surface area contributed by atoms with Gasteiger partial charge in [-0.15, -0.1) is 0 Å². The van der Waals surface area contributed by atoms with Gasteiger partial charge in [0.15, 0.2) is 18.9 Å². The number of hydrogen-bond acceptors (Lipinski definition) is 18. The molecule has 3 heterocycles. The summed E-state index contributed by atoms with van der Waals surface area (Å²) in [5, 5.41) is 48.6. The smallest absolute Gasteiger partial charge is 0.408 e. The Bertz CT molecular complexity index is 2710. The summed E-state index contributed by atoms with van der Waals surface area (Å²) in [5.74, 6) is -1.24. The lowest BCUT2D eigenvalue weighted by molar-refractivity contribution is -0.287. The molecule has 0 spiro atoms. The van der Waals surface area contributed by atoms with Crippen molar-refractivity contribution in [2.75, 3.05) is 19.7 Å². The van der Waals surface area contributed by atoms with Crippen molar-refractivity contribution in [3.05, 3.63) is 168 Å². The second-order valence-electron chi connectivity index (χ2n) is 20.0. The van der Waals surface area contributed by atoms with E-state index in [1.54, 1.807) is 79.8 Å². The Morgan fingerprint density at radius 3 is 1.44 bits per heavy atom. The Morgan fingerprint density at radius 2 is 0.951 bits per heavy atom. The van der Waals surface area contributed by atoms with E-state index in [0.717, 1.165) is 22.3 Å². The third-order valence-corrected chi connectivity index (χ3v) is 13.9. The SMILES string of the molecule is CCC1C=CC(NC(=O)OCc2ccccc2)C(OC2C(C)CC(NC(=O)CNC(=O)OCc3ccccc3)C(O)C2OC2OC(CO)C(OC3OC(CNC(=O)OCc4ccccc4)C=CC3NC(=O)OCc3ccccc3)C2O)O1. The first-order valence-electron chi connectivity index (χ1n) is 27.2. The zero-order chi connectivity index (χ0) is 57.8. The maximum atomic E-state index is 13.5. The first kappa shape index (κ1) is 60.6. The average molecular weight is 1140 g/mol. The molecule has 440 valence electrons. The molecule has 4 aromatic rings. The minimum Gasteiger partial charge on any atom is -0.445 e. The lowest BCUT2D eigenvalue weighted by Crippen LogP contribution is -2.63. The average Bonchev–Trinajstić information content (AvgIpc) is 3.80. The predicted molar refractivity (Wildman–Crippen MR) is 290 cm³/mol. The number of aliphatic hydroxyl groups excluding tert-OH is 3. The van der Waals surface area contributed by atoms with Crippen molar-refractivity contribution in [1.82, 2.24) is 26.6 Å². The van der Waals surface area contributed by atoms with Crippen LogP contribution in [-0.2, 0) is 78.6 Å². The second-order valence-corrected chi connectivity index (χ2v) is 20.0. The minimum absolute atomic E-state index is 0.0125. The van der Waals surface area contributed by atoms with E-state index >= 15 is 0 Å². The number of aliphatic hydroxyl groups is 3. The maximum absolute atomic E-state index is 13.5. The van der Waals surface area contributed by atoms with Crippen LogP contribution in [0.2, 0.25) is 0 Å². The largest absolute Gasteiger partial charge is 0.445 e. The number of nitrogens with one attached hydrogen (secondary N) is 5. The first-order chi connectivity index (χ1) is 39.8. The van der Waals surface area contributed by atoms with E-state index in [1.165, 1.54) is 0 Å². The van der Waals surface area contributed by atoms with Crippen LogP contribution in [-0.4, -0.2) is 151 Å². The van der Waals surface area contributed by atoms with Crippen LogP contribution in [0.15, 0.2) is 146 Å². The molecule has 1 saturated heterocycles. The molecule has 3 aliphatic heterocycles. The van der Waals surface area contributed by atoms with Gasteiger partial charge in [0.05, 0.1) is 37.5 Å². The number of carbonyl (C=O) groups is 5. The van der Waals surface area contributed by atoms with E-state index < -0.39 is 135 Å². The van der Waals surface area contributed by atoms with E-state index in [9.17, 15) is 39.3 Å². The molecule has 8 rings (SSSR count). The number of hydrogen-bond donors (Lipinski definition) is 8. The van der Waals surface area contributed by atoms with Crippen molar-refractivity contribution in [2.24, 2.45) is 5.92 Å². The van der Waals surface area contributed by atoms with Crippen LogP contribution in [0, 0.1) is 5.92 Å². The molecule has 23 nitrogen and oxygen atoms in total. The fourth-order valence-electron chi connectivity index (χ4n) is 9.56. The van der Waals surface area contributed by atoms with Crippen LogP contribution in [0.5, 0.6) is 0 Å². The molecule has 15 atom stereocenters. The Kier molecular flexibility index (Phi) is 22.6. The van der Waals surface area contributed by atoms with Gasteiger partial charge in [0.1, 0.15) is 75.6 Å². The number of carbonyl (C=O) groups excluding carboxylic acids is 5. The van der Waals surface area contributed by atoms with Crippen LogP contribution < -0.4 is 26.6 Å². The number of ether oxygens (including phenoxy) is 10. The summed E-state index contributed by atoms with van der Waals surface area (Å²) in [4.78, 5) is 65.3. The minimum atomic E-state index is -1.74. The van der Waals surface area contributed by atoms with E-state index in [-0.39, 0.29) is 39.4 Å². The Labute approximate surface area is 474 Å². The number of benzene rings is 4. The van der Waals surface area contributed by atoms with Crippen LogP contribution >= 0.6 is 0 Å². The van der Waals surface area contributed by atoms with Gasteiger partial charge >= 0.3 is 24.4 Å². The Morgan fingerprint density at radius 1 is 0.512 bits per heavy atom. The molecule has 15 unspecified atom stereocenters. The number of alkyl carbamates (subject to hydrolysis) is 4. The van der Waals surface area contributed by atoms with E-state index in [4.69, 9.17) is 47.4 Å². The molecule has 2 fully saturated rings. The monoisotopic (exact) mass is 1140 g/mol. The van der Waals surface area contributed by atoms with Crippen molar-refractivity contribution in [3.8, 4) is 0 Å². The van der Waals surface area contributed by atoms with Crippen molar-refractivity contribution in [2.45, 2.75) is 139 Å². The topological polar surface area (TPSA) is 298 Å². The molecule has 23 heteroatoms. The van der Waals surface area contributed by atoms with E-state index in [1.807, 2.05) is 79.7 Å². The molecule has 0 radical (unpaired) electrons. The molecule has 0 aromatic heterocycles. The van der Waals surface area contributed by atoms with Crippen LogP contribution in [0.4, 0.5) is 19.2 Å². The van der Waals surface area contributed by atoms with Crippen molar-refractivity contribution >= 4 is 30.3 Å². The van der Waals surface area contributed by atoms with Gasteiger partial charge < -0.3 is 89.3 Å². The van der Waals surface area contributed by atoms with Crippen molar-refractivity contribution in [3.63, 3.8) is 0 Å². The molecular formula is C59H71N5O18. The van der Waals surface area contributed by atoms with Crippen LogP contribution in [0.3, 0.4) is 0 Å². The number of rotatable bonds is 23. The molecule has 1 aliphatic carbocycles. The molecule has 5 amide bonds. The highest BCUT2D eigenvalue weighted by Crippen LogP contribution is 2.37. The third kappa shape index (κ3) is 17.8. The fourth-order valence-corrected chi connectivity index (χ4v) is 9.56. The van der Waals surface area contributed by atoms with Gasteiger partial charge in [0.2, 0.25) is 5.91 Å². The van der Waals surface area contributed by atoms with Gasteiger partial charge in [-0.2, -0.15) is 0 Å². The summed E-state index contributed by atoms with van der Waals surface area (Å²) in [6.07, 6.45) is -10.1. The lowest BCUT2D eigenvalue weighted by atomic mass is 9.80. The zero-order valence-electron chi connectivity index (χ0n) is 45.3. The molecule has 4 aromatic carbocycles. The maximum Gasteiger partial charge on any atom is 0.408 e. The highest BCUT2D eigenvalue weighted by molar-refractivity contribution is 5.82. The van der Waals surface area contributed by atoms with Crippen LogP contribution in [0.25, 0.3) is 0 Å². The summed E-state index contributed by atoms with van der Waals surface area (Å²) in [5.41, 5.74) is 3.00. The van der Waals surface area contributed by atoms with Crippen molar-refractivity contribution in [1.29, 1.82) is 0 Å². The van der Waals surface area contributed by atoms with Gasteiger partial charge in [-0.3, -0.25) is 4.79 Å². The second kappa shape index (κ2) is 30.6. The summed E-state index contributed by atoms with van der Waals surface area (Å²) >= 11 is 0. The van der Waals surface area contributed by atoms with Crippen LogP contribution in [0.1, 0.15) is 48.9 Å². The molecule has 0 bridgehead atoms. The lowest BCUT2D eigenvalue weighted by Gasteiger charge is -2.46. The normalized spacial score (nSPS) is 28.4. The quantitative estimate of drug-likeness (QED) is 0.0374. The fraction of sp³-hybridized carbons (Fsp3) is 0.441. The van der Waals surface area contributed by atoms with Gasteiger partial charge in [-0.25, -0.2) is 19.2 Å². The third-order valence-electron chi connectivity index (χ3n) is 13.9. The highest BCUT2D eigenvalue weighted by Gasteiger charge is 2.53. The molecule has 1 saturated carbocycles. The zero-order valence-corrected chi connectivity index (χ0v) is 45.3. The van der Waals surface area contributed by atoms with Gasteiger partial charge in [0.25, 0.3) is 0 Å². The van der Waals surface area contributed by atoms with Crippen molar-refractivity contribution < 1.29 is 86.7 Å². The van der Waals surface area contributed by atoms with E-state index in [0.29, 0.717) is 6.42 Å². The van der Waals surface area contributed by atoms with E-state index in [2.05, 4.69) is 26.6 Å². The van der Waals surface area contributed by atoms with Gasteiger partial charge in [-0.1, -0.05) is 159 Å². The van der Waals surface area contributed by atoms with Gasteiger partial charge in [-0.05, 0) is 41.0 Å². The molecular weight excluding hydrogens is 1070 g/mol. The molecule has 8 N–H and O–H groups in total. The summed E-state index contributed by atoms with van der Waals surface area (Å²) in [6.45, 7) is 2.25. The molecule has 4 aliphatic rings.